The SMILES string of the molecule is COCc1c(C(=O)O)sc2cccc(F)c12. The standard InChI is InChI=1S/C11H9FO3S/c1-15-5-6-9-7(12)3-2-4-8(9)16-10(6)11(13)14/h2-4H,5H2,1H3,(H,13,14). The van der Waals surface area contributed by atoms with Crippen LogP contribution in [0.15, 0.2) is 18.2 Å². The van der Waals surface area contributed by atoms with Crippen molar-refractivity contribution in [2.45, 2.75) is 6.61 Å². The maximum atomic E-state index is 13.6. The van der Waals surface area contributed by atoms with Gasteiger partial charge >= 0.3 is 5.97 Å². The van der Waals surface area contributed by atoms with Gasteiger partial charge in [-0.3, -0.25) is 0 Å². The molecule has 1 N–H and O–H groups in total. The van der Waals surface area contributed by atoms with Crippen LogP contribution in [-0.2, 0) is 11.3 Å². The van der Waals surface area contributed by atoms with Gasteiger partial charge in [-0.05, 0) is 12.1 Å². The molecule has 2 aromatic rings. The Bertz CT molecular complexity index is 547. The summed E-state index contributed by atoms with van der Waals surface area (Å²) in [4.78, 5) is 11.2. The normalized spacial score (nSPS) is 10.9. The van der Waals surface area contributed by atoms with E-state index in [-0.39, 0.29) is 11.5 Å². The van der Waals surface area contributed by atoms with Crippen molar-refractivity contribution in [2.75, 3.05) is 7.11 Å². The number of thiophene rings is 1. The molecule has 1 aromatic heterocycles. The first-order chi connectivity index (χ1) is 7.65. The molecule has 0 radical (unpaired) electrons. The van der Waals surface area contributed by atoms with Gasteiger partial charge in [-0.25, -0.2) is 9.18 Å². The second kappa shape index (κ2) is 4.19. The summed E-state index contributed by atoms with van der Waals surface area (Å²) >= 11 is 1.07. The van der Waals surface area contributed by atoms with Gasteiger partial charge in [0, 0.05) is 22.8 Å². The fraction of sp³-hybridized carbons (Fsp3) is 0.182. The molecule has 0 amide bonds. The molecular weight excluding hydrogens is 231 g/mol. The number of fused-ring (bicyclic) bond motifs is 1. The van der Waals surface area contributed by atoms with Gasteiger partial charge in [0.25, 0.3) is 0 Å². The molecule has 5 heteroatoms. The number of methoxy groups -OCH3 is 1. The largest absolute Gasteiger partial charge is 0.477 e. The molecular formula is C11H9FO3S. The highest BCUT2D eigenvalue weighted by molar-refractivity contribution is 7.21. The summed E-state index contributed by atoms with van der Waals surface area (Å²) in [5.74, 6) is -1.46. The Hall–Kier alpha value is -1.46. The summed E-state index contributed by atoms with van der Waals surface area (Å²) in [5.41, 5.74) is 0.410. The molecule has 3 nitrogen and oxygen atoms in total. The summed E-state index contributed by atoms with van der Waals surface area (Å²) in [5, 5.41) is 9.37. The fourth-order valence-electron chi connectivity index (χ4n) is 1.62. The maximum Gasteiger partial charge on any atom is 0.346 e. The highest BCUT2D eigenvalue weighted by Gasteiger charge is 2.19. The van der Waals surface area contributed by atoms with E-state index < -0.39 is 11.8 Å². The number of rotatable bonds is 3. The third kappa shape index (κ3) is 1.68. The van der Waals surface area contributed by atoms with Gasteiger partial charge in [0.1, 0.15) is 10.7 Å². The van der Waals surface area contributed by atoms with Gasteiger partial charge < -0.3 is 9.84 Å². The van der Waals surface area contributed by atoms with Crippen molar-refractivity contribution in [3.63, 3.8) is 0 Å². The van der Waals surface area contributed by atoms with E-state index in [0.717, 1.165) is 11.3 Å². The Labute approximate surface area is 95.1 Å². The Morgan fingerprint density at radius 1 is 1.56 bits per heavy atom. The van der Waals surface area contributed by atoms with Crippen LogP contribution in [0.5, 0.6) is 0 Å². The van der Waals surface area contributed by atoms with Gasteiger partial charge in [0.05, 0.1) is 6.61 Å². The molecule has 16 heavy (non-hydrogen) atoms. The first-order valence-electron chi connectivity index (χ1n) is 4.57. The molecule has 0 bridgehead atoms. The topological polar surface area (TPSA) is 46.5 Å². The first-order valence-corrected chi connectivity index (χ1v) is 5.39. The molecule has 0 aliphatic heterocycles. The van der Waals surface area contributed by atoms with Crippen LogP contribution in [0.25, 0.3) is 10.1 Å². The van der Waals surface area contributed by atoms with Crippen molar-refractivity contribution in [3.05, 3.63) is 34.5 Å². The van der Waals surface area contributed by atoms with Crippen molar-refractivity contribution in [1.29, 1.82) is 0 Å². The molecule has 0 saturated carbocycles. The lowest BCUT2D eigenvalue weighted by Crippen LogP contribution is -1.99. The Morgan fingerprint density at radius 3 is 2.94 bits per heavy atom. The molecule has 0 unspecified atom stereocenters. The number of benzene rings is 1. The number of hydrogen-bond donors (Lipinski definition) is 1. The van der Waals surface area contributed by atoms with Crippen LogP contribution in [0.2, 0.25) is 0 Å². The van der Waals surface area contributed by atoms with Crippen molar-refractivity contribution in [2.24, 2.45) is 0 Å². The van der Waals surface area contributed by atoms with E-state index in [1.807, 2.05) is 0 Å². The van der Waals surface area contributed by atoms with Crippen molar-refractivity contribution < 1.29 is 19.0 Å². The first kappa shape index (κ1) is 11.0. The minimum Gasteiger partial charge on any atom is -0.477 e. The van der Waals surface area contributed by atoms with Gasteiger partial charge in [0.15, 0.2) is 0 Å². The van der Waals surface area contributed by atoms with E-state index in [1.165, 1.54) is 13.2 Å². The van der Waals surface area contributed by atoms with E-state index in [1.54, 1.807) is 12.1 Å². The smallest absolute Gasteiger partial charge is 0.346 e. The third-order valence-electron chi connectivity index (χ3n) is 2.25. The number of carboxylic acids is 1. The number of carboxylic acid groups (broad SMARTS) is 1. The minimum atomic E-state index is -1.05. The predicted octanol–water partition coefficient (Wildman–Crippen LogP) is 2.89. The number of aromatic carboxylic acids is 1. The number of hydrogen-bond acceptors (Lipinski definition) is 3. The Kier molecular flexibility index (Phi) is 2.89. The molecule has 0 atom stereocenters. The second-order valence-corrected chi connectivity index (χ2v) is 4.31. The lowest BCUT2D eigenvalue weighted by Gasteiger charge is -2.00. The number of halogens is 1. The predicted molar refractivity (Wildman–Crippen MR) is 59.5 cm³/mol. The zero-order chi connectivity index (χ0) is 11.7. The molecule has 0 aliphatic carbocycles. The van der Waals surface area contributed by atoms with Crippen molar-refractivity contribution in [3.8, 4) is 0 Å². The lowest BCUT2D eigenvalue weighted by molar-refractivity contribution is 0.0698. The summed E-state index contributed by atoms with van der Waals surface area (Å²) in [6.45, 7) is 0.0998. The third-order valence-corrected chi connectivity index (χ3v) is 3.43. The van der Waals surface area contributed by atoms with Gasteiger partial charge in [-0.2, -0.15) is 0 Å². The summed E-state index contributed by atoms with van der Waals surface area (Å²) in [7, 11) is 1.45. The van der Waals surface area contributed by atoms with Crippen LogP contribution in [0.4, 0.5) is 4.39 Å². The fourth-order valence-corrected chi connectivity index (χ4v) is 2.68. The minimum absolute atomic E-state index is 0.0998. The quantitative estimate of drug-likeness (QED) is 0.897. The Balaban J connectivity index is 2.77. The molecule has 0 aliphatic rings. The zero-order valence-corrected chi connectivity index (χ0v) is 9.31. The van der Waals surface area contributed by atoms with Crippen LogP contribution < -0.4 is 0 Å². The molecule has 0 fully saturated rings. The van der Waals surface area contributed by atoms with E-state index >= 15 is 0 Å². The van der Waals surface area contributed by atoms with Crippen LogP contribution >= 0.6 is 11.3 Å². The Morgan fingerprint density at radius 2 is 2.31 bits per heavy atom. The van der Waals surface area contributed by atoms with E-state index in [4.69, 9.17) is 9.84 Å². The molecule has 0 spiro atoms. The zero-order valence-electron chi connectivity index (χ0n) is 8.49. The average Bonchev–Trinajstić information content (AvgIpc) is 2.59. The van der Waals surface area contributed by atoms with Crippen LogP contribution in [0.1, 0.15) is 15.2 Å². The van der Waals surface area contributed by atoms with E-state index in [9.17, 15) is 9.18 Å². The summed E-state index contributed by atoms with van der Waals surface area (Å²) in [6, 6.07) is 4.59. The number of ether oxygens (including phenoxy) is 1. The average molecular weight is 240 g/mol. The second-order valence-electron chi connectivity index (χ2n) is 3.26. The highest BCUT2D eigenvalue weighted by atomic mass is 32.1. The number of carbonyl (C=O) groups is 1. The van der Waals surface area contributed by atoms with Crippen LogP contribution in [0, 0.1) is 5.82 Å². The molecule has 1 aromatic carbocycles. The van der Waals surface area contributed by atoms with Gasteiger partial charge in [-0.15, -0.1) is 11.3 Å². The van der Waals surface area contributed by atoms with Crippen LogP contribution in [-0.4, -0.2) is 18.2 Å². The molecule has 0 saturated heterocycles. The lowest BCUT2D eigenvalue weighted by atomic mass is 10.1. The summed E-state index contributed by atoms with van der Waals surface area (Å²) in [6.07, 6.45) is 0. The van der Waals surface area contributed by atoms with Gasteiger partial charge in [-0.1, -0.05) is 6.07 Å². The molecule has 2 rings (SSSR count). The highest BCUT2D eigenvalue weighted by Crippen LogP contribution is 2.33. The van der Waals surface area contributed by atoms with Crippen LogP contribution in [0.3, 0.4) is 0 Å². The van der Waals surface area contributed by atoms with E-state index in [0.29, 0.717) is 15.6 Å². The van der Waals surface area contributed by atoms with Crippen molar-refractivity contribution >= 4 is 27.4 Å². The summed E-state index contributed by atoms with van der Waals surface area (Å²) < 4.78 is 19.2. The van der Waals surface area contributed by atoms with Crippen molar-refractivity contribution in [1.82, 2.24) is 0 Å². The maximum absolute atomic E-state index is 13.6. The van der Waals surface area contributed by atoms with E-state index in [2.05, 4.69) is 0 Å². The molecule has 84 valence electrons. The monoisotopic (exact) mass is 240 g/mol. The van der Waals surface area contributed by atoms with Gasteiger partial charge in [0.2, 0.25) is 0 Å². The molecule has 1 heterocycles.